The van der Waals surface area contributed by atoms with Gasteiger partial charge in [0.05, 0.1) is 0 Å². The Balaban J connectivity index is 2.58. The number of carbonyl (C=O) groups excluding carboxylic acids is 1. The quantitative estimate of drug-likeness (QED) is 0.768. The molecule has 1 rings (SSSR count). The minimum absolute atomic E-state index is 0.0717. The van der Waals surface area contributed by atoms with E-state index in [-0.39, 0.29) is 5.91 Å². The van der Waals surface area contributed by atoms with Gasteiger partial charge in [0.2, 0.25) is 0 Å². The van der Waals surface area contributed by atoms with E-state index in [1.54, 1.807) is 6.92 Å². The lowest BCUT2D eigenvalue weighted by atomic mass is 10.0. The normalized spacial score (nSPS) is 13.6. The molecule has 0 radical (unpaired) electrons. The Kier molecular flexibility index (Phi) is 7.09. The summed E-state index contributed by atoms with van der Waals surface area (Å²) in [7, 11) is 1.96. The van der Waals surface area contributed by atoms with Crippen molar-refractivity contribution in [3.05, 3.63) is 29.8 Å². The Bertz CT molecular complexity index is 399. The number of rotatable bonds is 8. The molecule has 1 amide bonds. The van der Waals surface area contributed by atoms with Gasteiger partial charge in [-0.05, 0) is 44.5 Å². The van der Waals surface area contributed by atoms with Crippen molar-refractivity contribution < 1.29 is 9.53 Å². The van der Waals surface area contributed by atoms with Crippen LogP contribution in [0.4, 0.5) is 0 Å². The van der Waals surface area contributed by atoms with Gasteiger partial charge in [-0.2, -0.15) is 0 Å². The smallest absolute Gasteiger partial charge is 0.260 e. The van der Waals surface area contributed by atoms with Crippen molar-refractivity contribution >= 4 is 5.91 Å². The van der Waals surface area contributed by atoms with Crippen LogP contribution >= 0.6 is 0 Å². The molecule has 0 aromatic heterocycles. The fourth-order valence-corrected chi connectivity index (χ4v) is 2.03. The Morgan fingerprint density at radius 3 is 2.40 bits per heavy atom. The lowest BCUT2D eigenvalue weighted by Gasteiger charge is -2.17. The molecule has 0 spiro atoms. The minimum atomic E-state index is -0.473. The summed E-state index contributed by atoms with van der Waals surface area (Å²) in [5, 5.41) is 6.09. The van der Waals surface area contributed by atoms with Gasteiger partial charge in [-0.25, -0.2) is 0 Å². The van der Waals surface area contributed by atoms with E-state index in [1.165, 1.54) is 5.56 Å². The number of hydrogen-bond acceptors (Lipinski definition) is 3. The second kappa shape index (κ2) is 8.59. The zero-order chi connectivity index (χ0) is 15.0. The van der Waals surface area contributed by atoms with Crippen LogP contribution in [0.15, 0.2) is 24.3 Å². The van der Waals surface area contributed by atoms with Crippen molar-refractivity contribution in [3.63, 3.8) is 0 Å². The first kappa shape index (κ1) is 16.5. The van der Waals surface area contributed by atoms with E-state index < -0.39 is 6.10 Å². The first-order valence-corrected chi connectivity index (χ1v) is 7.33. The van der Waals surface area contributed by atoms with Crippen molar-refractivity contribution in [2.75, 3.05) is 13.6 Å². The molecule has 0 aliphatic heterocycles. The topological polar surface area (TPSA) is 50.4 Å². The second-order valence-corrected chi connectivity index (χ2v) is 4.87. The van der Waals surface area contributed by atoms with Crippen LogP contribution in [0.5, 0.6) is 5.75 Å². The molecule has 0 saturated carbocycles. The van der Waals surface area contributed by atoms with Gasteiger partial charge >= 0.3 is 0 Å². The van der Waals surface area contributed by atoms with Gasteiger partial charge in [0, 0.05) is 12.6 Å². The number of ether oxygens (including phenoxy) is 1. The third-order valence-corrected chi connectivity index (χ3v) is 3.27. The summed E-state index contributed by atoms with van der Waals surface area (Å²) in [6.45, 7) is 6.62. The van der Waals surface area contributed by atoms with Crippen LogP contribution in [0.3, 0.4) is 0 Å². The third-order valence-electron chi connectivity index (χ3n) is 3.27. The van der Waals surface area contributed by atoms with Crippen LogP contribution in [-0.2, 0) is 4.79 Å². The molecule has 0 aliphatic carbocycles. The molecule has 20 heavy (non-hydrogen) atoms. The second-order valence-electron chi connectivity index (χ2n) is 4.87. The molecule has 1 aromatic carbocycles. The summed E-state index contributed by atoms with van der Waals surface area (Å²) in [4.78, 5) is 11.7. The summed E-state index contributed by atoms with van der Waals surface area (Å²) in [5.74, 6) is 0.649. The predicted octanol–water partition coefficient (Wildman–Crippen LogP) is 2.65. The van der Waals surface area contributed by atoms with Crippen LogP contribution in [0, 0.1) is 0 Å². The van der Waals surface area contributed by atoms with Gasteiger partial charge in [0.1, 0.15) is 5.75 Å². The molecule has 2 atom stereocenters. The number of hydrogen-bond donors (Lipinski definition) is 2. The molecule has 4 nitrogen and oxygen atoms in total. The molecular weight excluding hydrogens is 252 g/mol. The number of nitrogens with one attached hydrogen (secondary N) is 2. The van der Waals surface area contributed by atoms with Gasteiger partial charge in [0.25, 0.3) is 5.91 Å². The third kappa shape index (κ3) is 4.85. The van der Waals surface area contributed by atoms with Crippen molar-refractivity contribution in [3.8, 4) is 5.75 Å². The van der Waals surface area contributed by atoms with E-state index >= 15 is 0 Å². The van der Waals surface area contributed by atoms with Crippen LogP contribution in [0.25, 0.3) is 0 Å². The highest BCUT2D eigenvalue weighted by Gasteiger charge is 2.14. The predicted molar refractivity (Wildman–Crippen MR) is 81.9 cm³/mol. The molecule has 1 aromatic rings. The van der Waals surface area contributed by atoms with Gasteiger partial charge in [-0.15, -0.1) is 0 Å². The van der Waals surface area contributed by atoms with Gasteiger partial charge < -0.3 is 15.4 Å². The molecule has 0 heterocycles. The Hall–Kier alpha value is -1.55. The Morgan fingerprint density at radius 1 is 1.25 bits per heavy atom. The summed E-state index contributed by atoms with van der Waals surface area (Å²) in [6, 6.07) is 8.26. The van der Waals surface area contributed by atoms with Gasteiger partial charge in [0.15, 0.2) is 6.10 Å². The zero-order valence-corrected chi connectivity index (χ0v) is 12.9. The van der Waals surface area contributed by atoms with Crippen LogP contribution in [-0.4, -0.2) is 25.6 Å². The SMILES string of the molecule is CCCNC(=O)C(C)Oc1ccc(C(CC)NC)cc1. The van der Waals surface area contributed by atoms with Gasteiger partial charge in [-0.1, -0.05) is 26.0 Å². The van der Waals surface area contributed by atoms with E-state index in [1.807, 2.05) is 38.2 Å². The van der Waals surface area contributed by atoms with E-state index in [0.29, 0.717) is 12.6 Å². The number of amides is 1. The first-order chi connectivity index (χ1) is 9.62. The highest BCUT2D eigenvalue weighted by molar-refractivity contribution is 5.80. The zero-order valence-electron chi connectivity index (χ0n) is 12.9. The maximum Gasteiger partial charge on any atom is 0.260 e. The van der Waals surface area contributed by atoms with Crippen molar-refractivity contribution in [2.24, 2.45) is 0 Å². The van der Waals surface area contributed by atoms with Crippen molar-refractivity contribution in [1.29, 1.82) is 0 Å². The Labute approximate surface area is 121 Å². The lowest BCUT2D eigenvalue weighted by Crippen LogP contribution is -2.36. The number of benzene rings is 1. The summed E-state index contributed by atoms with van der Waals surface area (Å²) < 4.78 is 5.64. The minimum Gasteiger partial charge on any atom is -0.481 e. The van der Waals surface area contributed by atoms with Crippen LogP contribution < -0.4 is 15.4 Å². The van der Waals surface area contributed by atoms with Crippen LogP contribution in [0.2, 0.25) is 0 Å². The maximum atomic E-state index is 11.7. The summed E-state index contributed by atoms with van der Waals surface area (Å²) >= 11 is 0. The summed E-state index contributed by atoms with van der Waals surface area (Å²) in [5.41, 5.74) is 1.23. The van der Waals surface area contributed by atoms with Crippen molar-refractivity contribution in [1.82, 2.24) is 10.6 Å². The molecule has 0 fully saturated rings. The van der Waals surface area contributed by atoms with E-state index in [0.717, 1.165) is 18.6 Å². The molecule has 0 saturated heterocycles. The molecule has 0 aliphatic rings. The molecule has 2 unspecified atom stereocenters. The van der Waals surface area contributed by atoms with Crippen LogP contribution in [0.1, 0.15) is 45.2 Å². The fourth-order valence-electron chi connectivity index (χ4n) is 2.03. The average Bonchev–Trinajstić information content (AvgIpc) is 2.47. The molecular formula is C16H26N2O2. The first-order valence-electron chi connectivity index (χ1n) is 7.33. The standard InChI is InChI=1S/C16H26N2O2/c1-5-11-18-16(19)12(3)20-14-9-7-13(8-10-14)15(6-2)17-4/h7-10,12,15,17H,5-6,11H2,1-4H3,(H,18,19). The average molecular weight is 278 g/mol. The molecule has 0 bridgehead atoms. The lowest BCUT2D eigenvalue weighted by molar-refractivity contribution is -0.127. The van der Waals surface area contributed by atoms with Crippen molar-refractivity contribution in [2.45, 2.75) is 45.8 Å². The van der Waals surface area contributed by atoms with E-state index in [4.69, 9.17) is 4.74 Å². The number of carbonyl (C=O) groups is 1. The monoisotopic (exact) mass is 278 g/mol. The molecule has 112 valence electrons. The summed E-state index contributed by atoms with van der Waals surface area (Å²) in [6.07, 6.45) is 1.49. The maximum absolute atomic E-state index is 11.7. The van der Waals surface area contributed by atoms with Gasteiger partial charge in [-0.3, -0.25) is 4.79 Å². The molecule has 4 heteroatoms. The van der Waals surface area contributed by atoms with E-state index in [9.17, 15) is 4.79 Å². The largest absolute Gasteiger partial charge is 0.481 e. The highest BCUT2D eigenvalue weighted by atomic mass is 16.5. The molecule has 2 N–H and O–H groups in total. The fraction of sp³-hybridized carbons (Fsp3) is 0.562. The van der Waals surface area contributed by atoms with E-state index in [2.05, 4.69) is 17.6 Å². The highest BCUT2D eigenvalue weighted by Crippen LogP contribution is 2.20. The Morgan fingerprint density at radius 2 is 1.90 bits per heavy atom.